The fourth-order valence-corrected chi connectivity index (χ4v) is 2.41. The average molecular weight is 325 g/mol. The molecule has 1 N–H and O–H groups in total. The summed E-state index contributed by atoms with van der Waals surface area (Å²) in [5.41, 5.74) is 2.62. The summed E-state index contributed by atoms with van der Waals surface area (Å²) in [6, 6.07) is 12.0. The molecule has 1 aromatic heterocycles. The van der Waals surface area contributed by atoms with Crippen LogP contribution < -0.4 is 5.32 Å². The Hall–Kier alpha value is -3.09. The first-order valence-electron chi connectivity index (χ1n) is 7.43. The van der Waals surface area contributed by atoms with E-state index in [2.05, 4.69) is 20.8 Å². The van der Waals surface area contributed by atoms with Crippen molar-refractivity contribution in [1.82, 2.24) is 20.2 Å². The largest absolute Gasteiger partial charge is 0.323 e. The number of anilines is 1. The second-order valence-corrected chi connectivity index (χ2v) is 5.52. The standard InChI is InChI=1S/C17H16FN5O/c1-11-4-3-5-13(8-11)9-17(24)19-16-10-14(6-7-15(16)18)23-12(2)20-21-22-23/h3-8,10H,9H2,1-2H3,(H,19,24). The van der Waals surface area contributed by atoms with E-state index in [4.69, 9.17) is 0 Å². The molecule has 6 nitrogen and oxygen atoms in total. The van der Waals surface area contributed by atoms with E-state index < -0.39 is 5.82 Å². The van der Waals surface area contributed by atoms with Crippen molar-refractivity contribution in [3.05, 3.63) is 65.2 Å². The number of benzene rings is 2. The summed E-state index contributed by atoms with van der Waals surface area (Å²) >= 11 is 0. The summed E-state index contributed by atoms with van der Waals surface area (Å²) < 4.78 is 15.5. The van der Waals surface area contributed by atoms with Gasteiger partial charge in [-0.25, -0.2) is 4.39 Å². The maximum Gasteiger partial charge on any atom is 0.228 e. The van der Waals surface area contributed by atoms with E-state index >= 15 is 0 Å². The Bertz CT molecular complexity index is 890. The number of tetrazole rings is 1. The minimum Gasteiger partial charge on any atom is -0.323 e. The van der Waals surface area contributed by atoms with Gasteiger partial charge in [-0.15, -0.1) is 5.10 Å². The zero-order chi connectivity index (χ0) is 17.1. The fraction of sp³-hybridized carbons (Fsp3) is 0.176. The van der Waals surface area contributed by atoms with Crippen molar-refractivity contribution in [3.63, 3.8) is 0 Å². The number of hydrogen-bond donors (Lipinski definition) is 1. The van der Waals surface area contributed by atoms with Crippen molar-refractivity contribution in [1.29, 1.82) is 0 Å². The second kappa shape index (κ2) is 6.57. The Morgan fingerprint density at radius 3 is 2.75 bits per heavy atom. The zero-order valence-corrected chi connectivity index (χ0v) is 13.3. The van der Waals surface area contributed by atoms with Crippen LogP contribution in [0.25, 0.3) is 5.69 Å². The molecule has 0 unspecified atom stereocenters. The SMILES string of the molecule is Cc1cccc(CC(=O)Nc2cc(-n3nnnc3C)ccc2F)c1. The maximum atomic E-state index is 14.0. The van der Waals surface area contributed by atoms with Crippen LogP contribution >= 0.6 is 0 Å². The van der Waals surface area contributed by atoms with Crippen molar-refractivity contribution < 1.29 is 9.18 Å². The summed E-state index contributed by atoms with van der Waals surface area (Å²) in [7, 11) is 0. The molecule has 0 radical (unpaired) electrons. The molecule has 0 bridgehead atoms. The van der Waals surface area contributed by atoms with Crippen LogP contribution in [-0.4, -0.2) is 26.1 Å². The normalized spacial score (nSPS) is 10.6. The van der Waals surface area contributed by atoms with Gasteiger partial charge in [0.1, 0.15) is 5.82 Å². The molecule has 0 aliphatic rings. The van der Waals surface area contributed by atoms with E-state index in [1.54, 1.807) is 13.0 Å². The smallest absolute Gasteiger partial charge is 0.228 e. The molecule has 0 atom stereocenters. The van der Waals surface area contributed by atoms with Crippen molar-refractivity contribution in [2.75, 3.05) is 5.32 Å². The van der Waals surface area contributed by atoms with Gasteiger partial charge in [0, 0.05) is 0 Å². The lowest BCUT2D eigenvalue weighted by Gasteiger charge is -2.09. The third kappa shape index (κ3) is 3.45. The maximum absolute atomic E-state index is 14.0. The van der Waals surface area contributed by atoms with E-state index in [-0.39, 0.29) is 18.0 Å². The molecule has 2 aromatic carbocycles. The van der Waals surface area contributed by atoms with Gasteiger partial charge in [0.05, 0.1) is 17.8 Å². The van der Waals surface area contributed by atoms with Gasteiger partial charge in [-0.3, -0.25) is 4.79 Å². The van der Waals surface area contributed by atoms with Gasteiger partial charge >= 0.3 is 0 Å². The highest BCUT2D eigenvalue weighted by atomic mass is 19.1. The van der Waals surface area contributed by atoms with Gasteiger partial charge in [0.25, 0.3) is 0 Å². The molecule has 24 heavy (non-hydrogen) atoms. The van der Waals surface area contributed by atoms with Crippen molar-refractivity contribution in [2.24, 2.45) is 0 Å². The Labute approximate surface area is 138 Å². The lowest BCUT2D eigenvalue weighted by molar-refractivity contribution is -0.115. The highest BCUT2D eigenvalue weighted by molar-refractivity contribution is 5.92. The van der Waals surface area contributed by atoms with E-state index in [0.29, 0.717) is 11.5 Å². The van der Waals surface area contributed by atoms with Crippen LogP contribution in [0, 0.1) is 19.7 Å². The summed E-state index contributed by atoms with van der Waals surface area (Å²) in [6.45, 7) is 3.69. The van der Waals surface area contributed by atoms with Crippen molar-refractivity contribution in [3.8, 4) is 5.69 Å². The molecular formula is C17H16FN5O. The van der Waals surface area contributed by atoms with Crippen LogP contribution in [0.5, 0.6) is 0 Å². The van der Waals surface area contributed by atoms with Crippen LogP contribution in [0.3, 0.4) is 0 Å². The van der Waals surface area contributed by atoms with E-state index in [1.165, 1.54) is 16.8 Å². The summed E-state index contributed by atoms with van der Waals surface area (Å²) in [5, 5.41) is 13.8. The van der Waals surface area contributed by atoms with E-state index in [1.807, 2.05) is 31.2 Å². The third-order valence-electron chi connectivity index (χ3n) is 3.54. The van der Waals surface area contributed by atoms with Crippen LogP contribution in [0.15, 0.2) is 42.5 Å². The number of carbonyl (C=O) groups is 1. The number of carbonyl (C=O) groups excluding carboxylic acids is 1. The minimum atomic E-state index is -0.512. The summed E-state index contributed by atoms with van der Waals surface area (Å²) in [5.74, 6) is -0.231. The van der Waals surface area contributed by atoms with E-state index in [0.717, 1.165) is 11.1 Å². The van der Waals surface area contributed by atoms with Crippen molar-refractivity contribution >= 4 is 11.6 Å². The molecule has 122 valence electrons. The average Bonchev–Trinajstić information content (AvgIpc) is 2.95. The van der Waals surface area contributed by atoms with Gasteiger partial charge in [-0.05, 0) is 48.0 Å². The van der Waals surface area contributed by atoms with Crippen LogP contribution in [0.1, 0.15) is 17.0 Å². The topological polar surface area (TPSA) is 72.7 Å². The second-order valence-electron chi connectivity index (χ2n) is 5.52. The minimum absolute atomic E-state index is 0.0973. The number of halogens is 1. The highest BCUT2D eigenvalue weighted by Gasteiger charge is 2.11. The van der Waals surface area contributed by atoms with Crippen LogP contribution in [0.4, 0.5) is 10.1 Å². The number of hydrogen-bond acceptors (Lipinski definition) is 4. The first-order chi connectivity index (χ1) is 11.5. The molecule has 0 aliphatic heterocycles. The lowest BCUT2D eigenvalue weighted by atomic mass is 10.1. The Morgan fingerprint density at radius 1 is 1.21 bits per heavy atom. The third-order valence-corrected chi connectivity index (χ3v) is 3.54. The van der Waals surface area contributed by atoms with Gasteiger partial charge < -0.3 is 5.32 Å². The molecule has 0 saturated carbocycles. The number of nitrogens with one attached hydrogen (secondary N) is 1. The monoisotopic (exact) mass is 325 g/mol. The molecule has 1 heterocycles. The number of nitrogens with zero attached hydrogens (tertiary/aromatic N) is 4. The first kappa shape index (κ1) is 15.8. The predicted molar refractivity (Wildman–Crippen MR) is 87.4 cm³/mol. The lowest BCUT2D eigenvalue weighted by Crippen LogP contribution is -2.16. The summed E-state index contributed by atoms with van der Waals surface area (Å²) in [6.07, 6.45) is 0.176. The number of amides is 1. The number of aromatic nitrogens is 4. The Morgan fingerprint density at radius 2 is 2.04 bits per heavy atom. The molecule has 7 heteroatoms. The highest BCUT2D eigenvalue weighted by Crippen LogP contribution is 2.19. The molecule has 0 fully saturated rings. The first-order valence-corrected chi connectivity index (χ1v) is 7.43. The van der Waals surface area contributed by atoms with Crippen LogP contribution in [0.2, 0.25) is 0 Å². The van der Waals surface area contributed by atoms with Gasteiger partial charge in [0.2, 0.25) is 5.91 Å². The fourth-order valence-electron chi connectivity index (χ4n) is 2.41. The zero-order valence-electron chi connectivity index (χ0n) is 13.3. The molecule has 0 aliphatic carbocycles. The molecule has 1 amide bonds. The molecule has 3 rings (SSSR count). The van der Waals surface area contributed by atoms with Gasteiger partial charge in [0.15, 0.2) is 5.82 Å². The molecule has 3 aromatic rings. The number of rotatable bonds is 4. The predicted octanol–water partition coefficient (Wildman–Crippen LogP) is 2.60. The van der Waals surface area contributed by atoms with Crippen LogP contribution in [-0.2, 0) is 11.2 Å². The molecule has 0 saturated heterocycles. The van der Waals surface area contributed by atoms with Gasteiger partial charge in [-0.2, -0.15) is 4.68 Å². The Balaban J connectivity index is 1.79. The van der Waals surface area contributed by atoms with E-state index in [9.17, 15) is 9.18 Å². The molecule has 0 spiro atoms. The number of aryl methyl sites for hydroxylation is 2. The van der Waals surface area contributed by atoms with Crippen molar-refractivity contribution in [2.45, 2.75) is 20.3 Å². The summed E-state index contributed by atoms with van der Waals surface area (Å²) in [4.78, 5) is 12.2. The molecular weight excluding hydrogens is 309 g/mol. The Kier molecular flexibility index (Phi) is 4.33. The quantitative estimate of drug-likeness (QED) is 0.800. The van der Waals surface area contributed by atoms with Gasteiger partial charge in [-0.1, -0.05) is 29.8 Å².